The minimum absolute atomic E-state index is 0.118. The normalized spacial score (nSPS) is 27.4. The summed E-state index contributed by atoms with van der Waals surface area (Å²) in [5, 5.41) is 0. The number of hydrogen-bond donors (Lipinski definition) is 0. The Morgan fingerprint density at radius 3 is 2.24 bits per heavy atom. The Bertz CT molecular complexity index is 465. The summed E-state index contributed by atoms with van der Waals surface area (Å²) in [6, 6.07) is -1.87. The molecular formula is C15H20F2. The molecule has 0 unspecified atom stereocenters. The van der Waals surface area contributed by atoms with Crippen molar-refractivity contribution in [1.29, 1.82) is 0 Å². The van der Waals surface area contributed by atoms with Crippen LogP contribution in [0.3, 0.4) is 0 Å². The van der Waals surface area contributed by atoms with Crippen LogP contribution in [0.15, 0.2) is 18.1 Å². The lowest BCUT2D eigenvalue weighted by molar-refractivity contribution is 0.307. The van der Waals surface area contributed by atoms with E-state index in [1.54, 1.807) is 0 Å². The van der Waals surface area contributed by atoms with Gasteiger partial charge >= 0.3 is 0 Å². The smallest absolute Gasteiger partial charge is 0.126 e. The molecule has 0 nitrogen and oxygen atoms in total. The fraction of sp³-hybridized carbons (Fsp3) is 0.600. The fourth-order valence-corrected chi connectivity index (χ4v) is 2.78. The van der Waals surface area contributed by atoms with E-state index in [-0.39, 0.29) is 11.5 Å². The molecule has 2 rings (SSSR count). The Kier molecular flexibility index (Phi) is 2.99. The maximum atomic E-state index is 13.7. The van der Waals surface area contributed by atoms with Crippen LogP contribution in [0.5, 0.6) is 0 Å². The zero-order valence-corrected chi connectivity index (χ0v) is 10.2. The van der Waals surface area contributed by atoms with Crippen molar-refractivity contribution >= 4 is 0 Å². The molecule has 0 bridgehead atoms. The number of benzene rings is 1. The van der Waals surface area contributed by atoms with Gasteiger partial charge < -0.3 is 0 Å². The highest BCUT2D eigenvalue weighted by Crippen LogP contribution is 2.37. The van der Waals surface area contributed by atoms with E-state index in [4.69, 9.17) is 4.11 Å². The Morgan fingerprint density at radius 2 is 1.71 bits per heavy atom. The lowest BCUT2D eigenvalue weighted by Crippen LogP contribution is -2.13. The minimum Gasteiger partial charge on any atom is -0.207 e. The Morgan fingerprint density at radius 1 is 1.12 bits per heavy atom. The molecule has 0 aromatic heterocycles. The molecule has 0 spiro atoms. The second-order valence-electron chi connectivity index (χ2n) is 4.92. The van der Waals surface area contributed by atoms with Crippen LogP contribution >= 0.6 is 0 Å². The van der Waals surface area contributed by atoms with Crippen molar-refractivity contribution in [2.24, 2.45) is 5.92 Å². The van der Waals surface area contributed by atoms with Gasteiger partial charge in [0.15, 0.2) is 0 Å². The van der Waals surface area contributed by atoms with Gasteiger partial charge in [-0.15, -0.1) is 0 Å². The van der Waals surface area contributed by atoms with Gasteiger partial charge in [0.2, 0.25) is 0 Å². The molecule has 0 N–H and O–H groups in total. The Hall–Kier alpha value is -0.920. The van der Waals surface area contributed by atoms with E-state index < -0.39 is 29.8 Å². The van der Waals surface area contributed by atoms with Gasteiger partial charge in [0.05, 0.1) is 4.11 Å². The van der Waals surface area contributed by atoms with Gasteiger partial charge in [-0.05, 0) is 55.2 Å². The van der Waals surface area contributed by atoms with Crippen LogP contribution in [-0.4, -0.2) is 0 Å². The van der Waals surface area contributed by atoms with Crippen LogP contribution < -0.4 is 0 Å². The van der Waals surface area contributed by atoms with Gasteiger partial charge in [0, 0.05) is 6.04 Å². The first-order chi connectivity index (χ1) is 9.47. The van der Waals surface area contributed by atoms with Crippen molar-refractivity contribution in [2.45, 2.75) is 51.4 Å². The number of hydrogen-bond acceptors (Lipinski definition) is 0. The van der Waals surface area contributed by atoms with Crippen molar-refractivity contribution in [3.8, 4) is 0 Å². The predicted octanol–water partition coefficient (Wildman–Crippen LogP) is 5.04. The van der Waals surface area contributed by atoms with Crippen molar-refractivity contribution in [3.63, 3.8) is 0 Å². The standard InChI is InChI=1S/C15H20F2/c1-2-3-11-4-6-12(7-5-11)13-8-14(16)10-15(17)9-13/h8-12H,2-7H2,1H3/i8D,9D,10D. The molecule has 17 heavy (non-hydrogen) atoms. The monoisotopic (exact) mass is 241 g/mol. The SMILES string of the molecule is [2H]c1c(F)c([2H])c(C2CCC(CCC)CC2)c([2H])c1F. The van der Waals surface area contributed by atoms with E-state index in [1.807, 2.05) is 0 Å². The van der Waals surface area contributed by atoms with Gasteiger partial charge in [-0.25, -0.2) is 8.78 Å². The summed E-state index contributed by atoms with van der Waals surface area (Å²) in [5.74, 6) is -1.73. The van der Waals surface area contributed by atoms with Crippen LogP contribution in [0.1, 0.15) is 61.0 Å². The van der Waals surface area contributed by atoms with Crippen molar-refractivity contribution in [3.05, 3.63) is 35.3 Å². The van der Waals surface area contributed by atoms with Gasteiger partial charge in [0.25, 0.3) is 0 Å². The summed E-state index contributed by atoms with van der Waals surface area (Å²) in [6.07, 6.45) is 5.84. The van der Waals surface area contributed by atoms with Gasteiger partial charge in [0.1, 0.15) is 11.6 Å². The van der Waals surface area contributed by atoms with E-state index in [9.17, 15) is 8.78 Å². The second-order valence-corrected chi connectivity index (χ2v) is 4.92. The minimum atomic E-state index is -1.14. The first-order valence-electron chi connectivity index (χ1n) is 7.91. The van der Waals surface area contributed by atoms with Gasteiger partial charge in [-0.2, -0.15) is 0 Å². The number of rotatable bonds is 3. The topological polar surface area (TPSA) is 0 Å². The zero-order valence-electron chi connectivity index (χ0n) is 13.2. The fourth-order valence-electron chi connectivity index (χ4n) is 2.78. The van der Waals surface area contributed by atoms with E-state index in [0.717, 1.165) is 32.1 Å². The van der Waals surface area contributed by atoms with Gasteiger partial charge in [-0.1, -0.05) is 19.8 Å². The molecule has 0 heterocycles. The molecule has 1 aromatic carbocycles. The second kappa shape index (κ2) is 5.61. The highest BCUT2D eigenvalue weighted by atomic mass is 19.1. The molecule has 0 saturated heterocycles. The summed E-state index contributed by atoms with van der Waals surface area (Å²) in [7, 11) is 0. The van der Waals surface area contributed by atoms with Crippen molar-refractivity contribution < 1.29 is 12.9 Å². The maximum Gasteiger partial charge on any atom is 0.126 e. The molecule has 0 amide bonds. The van der Waals surface area contributed by atoms with E-state index >= 15 is 0 Å². The molecule has 1 saturated carbocycles. The van der Waals surface area contributed by atoms with Crippen LogP contribution in [-0.2, 0) is 0 Å². The summed E-state index contributed by atoms with van der Waals surface area (Å²) < 4.78 is 50.1. The largest absolute Gasteiger partial charge is 0.207 e. The molecule has 2 heteroatoms. The van der Waals surface area contributed by atoms with Crippen LogP contribution in [0, 0.1) is 17.6 Å². The molecule has 1 aromatic rings. The predicted molar refractivity (Wildman–Crippen MR) is 66.0 cm³/mol. The molecular weight excluding hydrogens is 218 g/mol. The first kappa shape index (κ1) is 9.07. The number of halogens is 2. The maximum absolute atomic E-state index is 13.7. The molecule has 0 radical (unpaired) electrons. The van der Waals surface area contributed by atoms with E-state index in [1.165, 1.54) is 6.42 Å². The third-order valence-electron chi connectivity index (χ3n) is 3.66. The lowest BCUT2D eigenvalue weighted by atomic mass is 9.77. The van der Waals surface area contributed by atoms with Crippen molar-refractivity contribution in [1.82, 2.24) is 0 Å². The lowest BCUT2D eigenvalue weighted by Gasteiger charge is -2.28. The quantitative estimate of drug-likeness (QED) is 0.695. The van der Waals surface area contributed by atoms with Gasteiger partial charge in [-0.3, -0.25) is 0 Å². The molecule has 94 valence electrons. The van der Waals surface area contributed by atoms with Crippen molar-refractivity contribution in [2.75, 3.05) is 0 Å². The molecule has 1 aliphatic carbocycles. The highest BCUT2D eigenvalue weighted by molar-refractivity contribution is 5.22. The van der Waals surface area contributed by atoms with E-state index in [2.05, 4.69) is 6.92 Å². The summed E-state index contributed by atoms with van der Waals surface area (Å²) in [4.78, 5) is 0. The average molecular weight is 241 g/mol. The van der Waals surface area contributed by atoms with Crippen LogP contribution in [0.4, 0.5) is 8.78 Å². The van der Waals surface area contributed by atoms with E-state index in [0.29, 0.717) is 5.92 Å². The zero-order chi connectivity index (χ0) is 14.9. The molecule has 1 fully saturated rings. The molecule has 1 aliphatic rings. The summed E-state index contributed by atoms with van der Waals surface area (Å²) in [5.41, 5.74) is 0.158. The molecule has 0 atom stereocenters. The Labute approximate surface area is 106 Å². The average Bonchev–Trinajstić information content (AvgIpc) is 2.45. The van der Waals surface area contributed by atoms with Crippen LogP contribution in [0.25, 0.3) is 0 Å². The first-order valence-corrected chi connectivity index (χ1v) is 6.41. The Balaban J connectivity index is 2.26. The summed E-state index contributed by atoms with van der Waals surface area (Å²) in [6.45, 7) is 2.15. The third kappa shape index (κ3) is 3.27. The highest BCUT2D eigenvalue weighted by Gasteiger charge is 2.22. The molecule has 0 aliphatic heterocycles. The summed E-state index contributed by atoms with van der Waals surface area (Å²) >= 11 is 0. The third-order valence-corrected chi connectivity index (χ3v) is 3.66. The van der Waals surface area contributed by atoms with Crippen LogP contribution in [0.2, 0.25) is 0 Å².